The lowest BCUT2D eigenvalue weighted by Crippen LogP contribution is -2.46. The van der Waals surface area contributed by atoms with Crippen molar-refractivity contribution in [2.75, 3.05) is 13.1 Å². The first-order valence-electron chi connectivity index (χ1n) is 5.89. The lowest BCUT2D eigenvalue weighted by atomic mass is 9.80. The summed E-state index contributed by atoms with van der Waals surface area (Å²) in [5.41, 5.74) is 6.19. The van der Waals surface area contributed by atoms with Crippen molar-refractivity contribution >= 4 is 23.1 Å². The highest BCUT2D eigenvalue weighted by atomic mass is 32.1. The van der Waals surface area contributed by atoms with E-state index in [0.29, 0.717) is 23.6 Å². The second kappa shape index (κ2) is 4.97. The van der Waals surface area contributed by atoms with Gasteiger partial charge in [0.1, 0.15) is 0 Å². The summed E-state index contributed by atoms with van der Waals surface area (Å²) in [7, 11) is 0. The molecule has 0 atom stereocenters. The van der Waals surface area contributed by atoms with Crippen molar-refractivity contribution in [3.63, 3.8) is 0 Å². The lowest BCUT2D eigenvalue weighted by molar-refractivity contribution is 0.0669. The van der Waals surface area contributed by atoms with Gasteiger partial charge in [0.15, 0.2) is 0 Å². The molecule has 0 aliphatic carbocycles. The van der Waals surface area contributed by atoms with Crippen LogP contribution >= 0.6 is 12.2 Å². The Balaban J connectivity index is 2.03. The van der Waals surface area contributed by atoms with Gasteiger partial charge in [-0.1, -0.05) is 19.1 Å². The summed E-state index contributed by atoms with van der Waals surface area (Å²) >= 11 is 5.08. The molecule has 0 spiro atoms. The number of hydrogen-bond donors (Lipinski definition) is 1. The summed E-state index contributed by atoms with van der Waals surface area (Å²) < 4.78 is 0. The largest absolute Gasteiger partial charge is 0.393 e. The summed E-state index contributed by atoms with van der Waals surface area (Å²) in [5, 5.41) is 7.38. The topological polar surface area (TPSA) is 72.1 Å². The van der Waals surface area contributed by atoms with Crippen LogP contribution in [0.15, 0.2) is 18.5 Å². The molecule has 18 heavy (non-hydrogen) atoms. The van der Waals surface area contributed by atoms with Gasteiger partial charge in [-0.15, -0.1) is 0 Å². The molecule has 2 N–H and O–H groups in total. The van der Waals surface area contributed by atoms with E-state index in [1.165, 1.54) is 12.4 Å². The Labute approximate surface area is 111 Å². The molecule has 1 aromatic rings. The number of likely N-dealkylation sites (tertiary alicyclic amines) is 1. The van der Waals surface area contributed by atoms with Gasteiger partial charge in [0.05, 0.1) is 22.9 Å². The third kappa shape index (κ3) is 2.48. The van der Waals surface area contributed by atoms with E-state index in [2.05, 4.69) is 17.1 Å². The Hall–Kier alpha value is -1.56. The Bertz CT molecular complexity index is 454. The molecule has 1 amide bonds. The molecule has 0 aromatic carbocycles. The van der Waals surface area contributed by atoms with Crippen molar-refractivity contribution in [3.05, 3.63) is 24.0 Å². The molecule has 6 heteroatoms. The first-order chi connectivity index (χ1) is 8.53. The summed E-state index contributed by atoms with van der Waals surface area (Å²) in [6, 6.07) is 1.68. The zero-order valence-electron chi connectivity index (χ0n) is 10.3. The Morgan fingerprint density at radius 1 is 1.44 bits per heavy atom. The number of amides is 1. The molecule has 5 nitrogen and oxygen atoms in total. The fraction of sp³-hybridized carbons (Fsp3) is 0.500. The van der Waals surface area contributed by atoms with Gasteiger partial charge in [0.25, 0.3) is 5.91 Å². The lowest BCUT2D eigenvalue weighted by Gasteiger charge is -2.38. The number of aromatic nitrogens is 2. The van der Waals surface area contributed by atoms with Gasteiger partial charge < -0.3 is 10.6 Å². The maximum atomic E-state index is 12.2. The third-order valence-electron chi connectivity index (χ3n) is 3.58. The van der Waals surface area contributed by atoms with Crippen molar-refractivity contribution in [3.8, 4) is 0 Å². The maximum absolute atomic E-state index is 12.2. The van der Waals surface area contributed by atoms with Crippen LogP contribution in [-0.4, -0.2) is 39.1 Å². The van der Waals surface area contributed by atoms with Crippen molar-refractivity contribution in [1.82, 2.24) is 15.1 Å². The van der Waals surface area contributed by atoms with Crippen LogP contribution in [0.25, 0.3) is 0 Å². The monoisotopic (exact) mass is 264 g/mol. The normalized spacial score (nSPS) is 18.4. The first-order valence-corrected chi connectivity index (χ1v) is 6.30. The quantitative estimate of drug-likeness (QED) is 0.807. The third-order valence-corrected chi connectivity index (χ3v) is 4.07. The Kier molecular flexibility index (Phi) is 3.56. The molecule has 1 aliphatic heterocycles. The van der Waals surface area contributed by atoms with Crippen molar-refractivity contribution in [2.24, 2.45) is 11.1 Å². The van der Waals surface area contributed by atoms with Crippen LogP contribution in [-0.2, 0) is 0 Å². The minimum Gasteiger partial charge on any atom is -0.393 e. The van der Waals surface area contributed by atoms with E-state index in [4.69, 9.17) is 18.0 Å². The number of rotatable bonds is 2. The molecule has 2 rings (SSSR count). The van der Waals surface area contributed by atoms with E-state index in [1.54, 1.807) is 6.07 Å². The number of nitrogens with two attached hydrogens (primary N) is 1. The van der Waals surface area contributed by atoms with Gasteiger partial charge >= 0.3 is 0 Å². The van der Waals surface area contributed by atoms with Gasteiger partial charge in [-0.3, -0.25) is 4.79 Å². The summed E-state index contributed by atoms with van der Waals surface area (Å²) in [6.45, 7) is 3.41. The highest BCUT2D eigenvalue weighted by Gasteiger charge is 2.34. The molecule has 0 radical (unpaired) electrons. The van der Waals surface area contributed by atoms with E-state index >= 15 is 0 Å². The van der Waals surface area contributed by atoms with E-state index in [-0.39, 0.29) is 11.3 Å². The van der Waals surface area contributed by atoms with Gasteiger partial charge in [-0.25, -0.2) is 0 Å². The number of thiocarbonyl (C=S) groups is 1. The summed E-state index contributed by atoms with van der Waals surface area (Å²) in [5.74, 6) is -0.00473. The molecular weight excluding hydrogens is 248 g/mol. The number of carbonyl (C=O) groups excluding carboxylic acids is 1. The number of piperidine rings is 1. The Morgan fingerprint density at radius 3 is 2.61 bits per heavy atom. The highest BCUT2D eigenvalue weighted by Crippen LogP contribution is 2.31. The number of nitrogens with zero attached hydrogens (tertiary/aromatic N) is 3. The molecule has 1 saturated heterocycles. The SMILES string of the molecule is CC1(C(N)=S)CCN(C(=O)c2ccnnc2)CC1. The van der Waals surface area contributed by atoms with Crippen LogP contribution in [0.5, 0.6) is 0 Å². The van der Waals surface area contributed by atoms with Gasteiger partial charge in [0, 0.05) is 18.5 Å². The van der Waals surface area contributed by atoms with Crippen LogP contribution in [0, 0.1) is 5.41 Å². The fourth-order valence-electron chi connectivity index (χ4n) is 2.05. The second-order valence-corrected chi connectivity index (χ2v) is 5.29. The van der Waals surface area contributed by atoms with Crippen LogP contribution in [0.4, 0.5) is 0 Å². The average molecular weight is 264 g/mol. The maximum Gasteiger partial charge on any atom is 0.255 e. The first kappa shape index (κ1) is 12.9. The fourth-order valence-corrected chi connectivity index (χ4v) is 2.25. The smallest absolute Gasteiger partial charge is 0.255 e. The minimum absolute atomic E-state index is 0.00473. The minimum atomic E-state index is -0.122. The Morgan fingerprint density at radius 2 is 2.11 bits per heavy atom. The van der Waals surface area contributed by atoms with Crippen molar-refractivity contribution in [1.29, 1.82) is 0 Å². The second-order valence-electron chi connectivity index (χ2n) is 4.85. The number of hydrogen-bond acceptors (Lipinski definition) is 4. The van der Waals surface area contributed by atoms with Crippen LogP contribution < -0.4 is 5.73 Å². The molecule has 0 saturated carbocycles. The van der Waals surface area contributed by atoms with Gasteiger partial charge in [-0.05, 0) is 18.9 Å². The predicted octanol–water partition coefficient (Wildman–Crippen LogP) is 1.00. The molecule has 2 heterocycles. The van der Waals surface area contributed by atoms with Gasteiger partial charge in [0.2, 0.25) is 0 Å². The van der Waals surface area contributed by atoms with E-state index in [1.807, 2.05) is 4.90 Å². The number of carbonyl (C=O) groups is 1. The van der Waals surface area contributed by atoms with E-state index in [0.717, 1.165) is 12.8 Å². The molecule has 0 bridgehead atoms. The van der Waals surface area contributed by atoms with E-state index < -0.39 is 0 Å². The zero-order chi connectivity index (χ0) is 13.2. The van der Waals surface area contributed by atoms with Crippen LogP contribution in [0.1, 0.15) is 30.1 Å². The molecule has 1 aromatic heterocycles. The summed E-state index contributed by atoms with van der Waals surface area (Å²) in [4.78, 5) is 14.5. The predicted molar refractivity (Wildman–Crippen MR) is 72.1 cm³/mol. The zero-order valence-corrected chi connectivity index (χ0v) is 11.1. The molecule has 1 aliphatic rings. The van der Waals surface area contributed by atoms with E-state index in [9.17, 15) is 4.79 Å². The van der Waals surface area contributed by atoms with Crippen LogP contribution in [0.2, 0.25) is 0 Å². The molecule has 96 valence electrons. The van der Waals surface area contributed by atoms with Crippen molar-refractivity contribution in [2.45, 2.75) is 19.8 Å². The van der Waals surface area contributed by atoms with Crippen molar-refractivity contribution < 1.29 is 4.79 Å². The molecule has 0 unspecified atom stereocenters. The van der Waals surface area contributed by atoms with Gasteiger partial charge in [-0.2, -0.15) is 10.2 Å². The summed E-state index contributed by atoms with van der Waals surface area (Å²) in [6.07, 6.45) is 4.64. The van der Waals surface area contributed by atoms with Crippen LogP contribution in [0.3, 0.4) is 0 Å². The molecular formula is C12H16N4OS. The average Bonchev–Trinajstić information content (AvgIpc) is 2.40. The standard InChI is InChI=1S/C12H16N4OS/c1-12(11(13)18)3-6-16(7-4-12)10(17)9-2-5-14-15-8-9/h2,5,8H,3-4,6-7H2,1H3,(H2,13,18). The molecule has 1 fully saturated rings. The highest BCUT2D eigenvalue weighted by molar-refractivity contribution is 7.80.